The van der Waals surface area contributed by atoms with Gasteiger partial charge in [-0.05, 0) is 34.9 Å². The molecule has 33 heavy (non-hydrogen) atoms. The molecule has 2 heterocycles. The summed E-state index contributed by atoms with van der Waals surface area (Å²) < 4.78 is 46.4. The van der Waals surface area contributed by atoms with E-state index < -0.39 is 23.7 Å². The molecule has 1 N–H and O–H groups in total. The first-order valence-electron chi connectivity index (χ1n) is 9.56. The van der Waals surface area contributed by atoms with E-state index in [1.54, 1.807) is 6.07 Å². The third-order valence-corrected chi connectivity index (χ3v) is 4.71. The maximum Gasteiger partial charge on any atom is 0.437 e. The molecule has 2 aromatic heterocycles. The zero-order chi connectivity index (χ0) is 23.4. The number of hydrogen-bond donors (Lipinski definition) is 1. The highest BCUT2D eigenvalue weighted by Crippen LogP contribution is 2.37. The quantitative estimate of drug-likeness (QED) is 0.426. The smallest absolute Gasteiger partial charge is 0.406 e. The Morgan fingerprint density at radius 2 is 1.76 bits per heavy atom. The molecule has 2 aromatic carbocycles. The summed E-state index contributed by atoms with van der Waals surface area (Å²) >= 11 is 5.63. The summed E-state index contributed by atoms with van der Waals surface area (Å²) in [5.74, 6) is -1.01. The Hall–Kier alpha value is -3.92. The predicted molar refractivity (Wildman–Crippen MR) is 114 cm³/mol. The number of aromatic nitrogens is 4. The molecule has 0 fully saturated rings. The van der Waals surface area contributed by atoms with Gasteiger partial charge in [-0.3, -0.25) is 0 Å². The topological polar surface area (TPSA) is 81.9 Å². The second kappa shape index (κ2) is 9.29. The molecule has 7 nitrogen and oxygen atoms in total. The fourth-order valence-corrected chi connectivity index (χ4v) is 3.17. The number of alkyl halides is 3. The lowest BCUT2D eigenvalue weighted by Crippen LogP contribution is -2.27. The number of benzene rings is 2. The number of rotatable bonds is 5. The number of halogens is 4. The Bertz CT molecular complexity index is 1260. The van der Waals surface area contributed by atoms with E-state index in [1.165, 1.54) is 12.1 Å². The largest absolute Gasteiger partial charge is 0.437 e. The van der Waals surface area contributed by atoms with Crippen LogP contribution in [0.4, 0.5) is 18.0 Å². The second-order valence-corrected chi connectivity index (χ2v) is 7.18. The van der Waals surface area contributed by atoms with Gasteiger partial charge in [-0.1, -0.05) is 60.1 Å². The van der Waals surface area contributed by atoms with Gasteiger partial charge in [0.1, 0.15) is 0 Å². The van der Waals surface area contributed by atoms with Crippen molar-refractivity contribution in [2.24, 2.45) is 0 Å². The van der Waals surface area contributed by atoms with Crippen molar-refractivity contribution < 1.29 is 22.7 Å². The van der Waals surface area contributed by atoms with Crippen LogP contribution >= 0.6 is 11.6 Å². The van der Waals surface area contributed by atoms with Gasteiger partial charge in [0.05, 0.1) is 6.20 Å². The molecule has 4 aromatic rings. The molecule has 0 aliphatic heterocycles. The molecule has 0 spiro atoms. The van der Waals surface area contributed by atoms with Crippen molar-refractivity contribution in [1.82, 2.24) is 25.3 Å². The summed E-state index contributed by atoms with van der Waals surface area (Å²) in [4.78, 5) is 12.2. The number of amides is 1. The average Bonchev–Trinajstić information content (AvgIpc) is 3.23. The molecule has 0 aliphatic rings. The summed E-state index contributed by atoms with van der Waals surface area (Å²) in [5.41, 5.74) is 1.37. The molecule has 0 atom stereocenters. The van der Waals surface area contributed by atoms with Crippen molar-refractivity contribution >= 4 is 17.7 Å². The van der Waals surface area contributed by atoms with Gasteiger partial charge in [-0.2, -0.15) is 18.3 Å². The van der Waals surface area contributed by atoms with Gasteiger partial charge in [0, 0.05) is 6.54 Å². The molecule has 1 amide bonds. The third kappa shape index (κ3) is 5.29. The Morgan fingerprint density at radius 1 is 1.00 bits per heavy atom. The zero-order valence-corrected chi connectivity index (χ0v) is 17.5. The monoisotopic (exact) mass is 473 g/mol. The molecule has 4 rings (SSSR count). The van der Waals surface area contributed by atoms with Gasteiger partial charge in [-0.15, -0.1) is 10.2 Å². The minimum absolute atomic E-state index is 0.00616. The summed E-state index contributed by atoms with van der Waals surface area (Å²) in [6.45, 7) is 0.0532. The minimum atomic E-state index is -4.88. The molecule has 0 saturated carbocycles. The summed E-state index contributed by atoms with van der Waals surface area (Å²) in [7, 11) is 0. The lowest BCUT2D eigenvalue weighted by atomic mass is 10.0. The maximum atomic E-state index is 13.7. The predicted octanol–water partition coefficient (Wildman–Crippen LogP) is 5.29. The molecule has 0 saturated heterocycles. The summed E-state index contributed by atoms with van der Waals surface area (Å²) in [6.07, 6.45) is -5.15. The molecule has 168 valence electrons. The van der Waals surface area contributed by atoms with Gasteiger partial charge in [0.25, 0.3) is 0 Å². The van der Waals surface area contributed by atoms with Gasteiger partial charge in [0.2, 0.25) is 0 Å². The van der Waals surface area contributed by atoms with Crippen molar-refractivity contribution in [2.45, 2.75) is 12.7 Å². The lowest BCUT2D eigenvalue weighted by molar-refractivity contribution is -0.143. The van der Waals surface area contributed by atoms with E-state index in [0.29, 0.717) is 4.68 Å². The third-order valence-electron chi connectivity index (χ3n) is 4.51. The molecule has 0 radical (unpaired) electrons. The first-order chi connectivity index (χ1) is 15.8. The molecule has 0 bridgehead atoms. The van der Waals surface area contributed by atoms with Gasteiger partial charge < -0.3 is 10.1 Å². The van der Waals surface area contributed by atoms with Crippen LogP contribution in [0.15, 0.2) is 72.9 Å². The average molecular weight is 474 g/mol. The molecular weight excluding hydrogens is 459 g/mol. The summed E-state index contributed by atoms with van der Waals surface area (Å²) in [6, 6.07) is 19.5. The number of hydrogen-bond acceptors (Lipinski definition) is 5. The van der Waals surface area contributed by atoms with Crippen LogP contribution in [0.2, 0.25) is 5.15 Å². The van der Waals surface area contributed by atoms with E-state index in [4.69, 9.17) is 16.3 Å². The van der Waals surface area contributed by atoms with Crippen molar-refractivity contribution in [3.8, 4) is 22.7 Å². The van der Waals surface area contributed by atoms with Crippen LogP contribution in [0, 0.1) is 0 Å². The van der Waals surface area contributed by atoms with Crippen molar-refractivity contribution in [3.63, 3.8) is 0 Å². The maximum absolute atomic E-state index is 13.7. The standard InChI is InChI=1S/C22H15ClF3N5O2/c23-18-9-10-19(30-29-18)31-20(22(24,25)26)17(13-28-31)33-21(32)27-12-14-5-4-8-16(11-14)15-6-2-1-3-7-15/h1-11,13H,12H2,(H,27,32). The molecule has 0 aliphatic carbocycles. The Kier molecular flexibility index (Phi) is 6.27. The van der Waals surface area contributed by atoms with E-state index in [-0.39, 0.29) is 17.5 Å². The van der Waals surface area contributed by atoms with E-state index in [1.807, 2.05) is 48.5 Å². The normalized spacial score (nSPS) is 11.3. The number of carbonyl (C=O) groups is 1. The first kappa shape index (κ1) is 22.3. The Labute approximate surface area is 190 Å². The number of nitrogens with one attached hydrogen (secondary N) is 1. The highest BCUT2D eigenvalue weighted by atomic mass is 35.5. The zero-order valence-electron chi connectivity index (χ0n) is 16.8. The molecular formula is C22H15ClF3N5O2. The van der Waals surface area contributed by atoms with Gasteiger partial charge in [-0.25, -0.2) is 9.48 Å². The highest BCUT2D eigenvalue weighted by molar-refractivity contribution is 6.29. The Morgan fingerprint density at radius 3 is 2.45 bits per heavy atom. The van der Waals surface area contributed by atoms with Crippen molar-refractivity contribution in [2.75, 3.05) is 0 Å². The lowest BCUT2D eigenvalue weighted by Gasteiger charge is -2.12. The number of ether oxygens (including phenoxy) is 1. The van der Waals surface area contributed by atoms with Crippen LogP contribution in [0.3, 0.4) is 0 Å². The second-order valence-electron chi connectivity index (χ2n) is 6.79. The van der Waals surface area contributed by atoms with E-state index >= 15 is 0 Å². The minimum Gasteiger partial charge on any atom is -0.406 e. The first-order valence-corrected chi connectivity index (χ1v) is 9.94. The van der Waals surface area contributed by atoms with Crippen LogP contribution in [0.25, 0.3) is 16.9 Å². The van der Waals surface area contributed by atoms with Crippen LogP contribution in [-0.4, -0.2) is 26.1 Å². The van der Waals surface area contributed by atoms with Crippen molar-refractivity contribution in [3.05, 3.63) is 89.3 Å². The number of nitrogens with zero attached hydrogens (tertiary/aromatic N) is 4. The molecule has 11 heteroatoms. The van der Waals surface area contributed by atoms with Gasteiger partial charge in [0.15, 0.2) is 22.4 Å². The molecule has 0 unspecified atom stereocenters. The fraction of sp³-hybridized carbons (Fsp3) is 0.0909. The van der Waals surface area contributed by atoms with Crippen LogP contribution < -0.4 is 10.1 Å². The SMILES string of the molecule is O=C(NCc1cccc(-c2ccccc2)c1)Oc1cnn(-c2ccc(Cl)nn2)c1C(F)(F)F. The van der Waals surface area contributed by atoms with Crippen LogP contribution in [-0.2, 0) is 12.7 Å². The van der Waals surface area contributed by atoms with E-state index in [2.05, 4.69) is 20.6 Å². The van der Waals surface area contributed by atoms with Crippen LogP contribution in [0.5, 0.6) is 5.75 Å². The van der Waals surface area contributed by atoms with E-state index in [9.17, 15) is 18.0 Å². The van der Waals surface area contributed by atoms with Gasteiger partial charge >= 0.3 is 12.3 Å². The van der Waals surface area contributed by atoms with Crippen LogP contribution in [0.1, 0.15) is 11.3 Å². The Balaban J connectivity index is 1.49. The highest BCUT2D eigenvalue weighted by Gasteiger charge is 2.41. The fourth-order valence-electron chi connectivity index (χ4n) is 3.07. The van der Waals surface area contributed by atoms with Crippen molar-refractivity contribution in [1.29, 1.82) is 0 Å². The summed E-state index contributed by atoms with van der Waals surface area (Å²) in [5, 5.41) is 13.2. The number of carbonyl (C=O) groups excluding carboxylic acids is 1. The van der Waals surface area contributed by atoms with E-state index in [0.717, 1.165) is 22.9 Å².